The summed E-state index contributed by atoms with van der Waals surface area (Å²) < 4.78 is 10.7. The molecule has 0 radical (unpaired) electrons. The quantitative estimate of drug-likeness (QED) is 0.630. The smallest absolute Gasteiger partial charge is 0.161 e. The molecule has 0 spiro atoms. The summed E-state index contributed by atoms with van der Waals surface area (Å²) in [7, 11) is 0. The summed E-state index contributed by atoms with van der Waals surface area (Å²) in [6.45, 7) is 5.55. The van der Waals surface area contributed by atoms with Gasteiger partial charge in [-0.05, 0) is 20.8 Å². The average Bonchev–Trinajstić information content (AvgIpc) is 2.08. The summed E-state index contributed by atoms with van der Waals surface area (Å²) in [5.74, 6) is 0. The minimum atomic E-state index is -1.16. The monoisotopic (exact) mass is 218 g/mol. The summed E-state index contributed by atoms with van der Waals surface area (Å²) in [4.78, 5) is 10.6. The van der Waals surface area contributed by atoms with Crippen LogP contribution in [-0.4, -0.2) is 46.7 Å². The first-order valence-corrected chi connectivity index (χ1v) is 4.98. The van der Waals surface area contributed by atoms with Crippen LogP contribution in [0.1, 0.15) is 27.2 Å². The molecule has 15 heavy (non-hydrogen) atoms. The molecule has 0 aromatic carbocycles. The van der Waals surface area contributed by atoms with E-state index in [2.05, 4.69) is 0 Å². The maximum atomic E-state index is 10.6. The highest BCUT2D eigenvalue weighted by Crippen LogP contribution is 2.23. The first-order chi connectivity index (χ1) is 6.83. The molecular formula is C10H18O5. The molecule has 0 aliphatic carbocycles. The highest BCUT2D eigenvalue weighted by Gasteiger charge is 2.38. The fourth-order valence-electron chi connectivity index (χ4n) is 1.45. The lowest BCUT2D eigenvalue weighted by Crippen LogP contribution is -2.51. The molecular weight excluding hydrogens is 200 g/mol. The van der Waals surface area contributed by atoms with Crippen LogP contribution in [0.2, 0.25) is 0 Å². The van der Waals surface area contributed by atoms with E-state index in [0.717, 1.165) is 0 Å². The molecule has 0 amide bonds. The van der Waals surface area contributed by atoms with Crippen molar-refractivity contribution in [2.45, 2.75) is 57.4 Å². The van der Waals surface area contributed by atoms with Gasteiger partial charge in [0.2, 0.25) is 0 Å². The SMILES string of the molecule is CC(C)(C)OC1C[C@@H](O)[C@@H](O)[C@@H](C=O)O1. The second-order valence-electron chi connectivity index (χ2n) is 4.69. The minimum absolute atomic E-state index is 0.169. The van der Waals surface area contributed by atoms with Crippen LogP contribution < -0.4 is 0 Å². The van der Waals surface area contributed by atoms with Crippen molar-refractivity contribution in [2.24, 2.45) is 0 Å². The van der Waals surface area contributed by atoms with Gasteiger partial charge >= 0.3 is 0 Å². The molecule has 0 bridgehead atoms. The standard InChI is InChI=1S/C10H18O5/c1-10(2,3)15-8-4-6(12)9(13)7(5-11)14-8/h5-9,12-13H,4H2,1-3H3/t6-,7-,8?,9-/m1/s1. The second-order valence-corrected chi connectivity index (χ2v) is 4.69. The maximum absolute atomic E-state index is 10.6. The number of carbonyl (C=O) groups is 1. The zero-order chi connectivity index (χ0) is 11.6. The van der Waals surface area contributed by atoms with Crippen LogP contribution in [0.15, 0.2) is 0 Å². The van der Waals surface area contributed by atoms with Crippen molar-refractivity contribution in [1.29, 1.82) is 0 Å². The normalized spacial score (nSPS) is 37.7. The molecule has 1 aliphatic rings. The number of rotatable bonds is 2. The van der Waals surface area contributed by atoms with Gasteiger partial charge in [-0.15, -0.1) is 0 Å². The molecule has 88 valence electrons. The molecule has 0 aromatic heterocycles. The zero-order valence-electron chi connectivity index (χ0n) is 9.21. The third-order valence-corrected chi connectivity index (χ3v) is 2.09. The number of hydrogen-bond donors (Lipinski definition) is 2. The Morgan fingerprint density at radius 1 is 1.40 bits per heavy atom. The maximum Gasteiger partial charge on any atom is 0.161 e. The van der Waals surface area contributed by atoms with Crippen molar-refractivity contribution in [1.82, 2.24) is 0 Å². The number of hydrogen-bond acceptors (Lipinski definition) is 5. The molecule has 1 fully saturated rings. The Balaban J connectivity index is 2.59. The Labute approximate surface area is 89.0 Å². The number of ether oxygens (including phenoxy) is 2. The molecule has 1 heterocycles. The van der Waals surface area contributed by atoms with Crippen LogP contribution in [0.25, 0.3) is 0 Å². The predicted octanol–water partition coefficient (Wildman–Crippen LogP) is -0.163. The van der Waals surface area contributed by atoms with Crippen LogP contribution in [0.4, 0.5) is 0 Å². The number of aldehydes is 1. The van der Waals surface area contributed by atoms with E-state index in [9.17, 15) is 15.0 Å². The van der Waals surface area contributed by atoms with Crippen LogP contribution in [0, 0.1) is 0 Å². The lowest BCUT2D eigenvalue weighted by atomic mass is 10.0. The molecule has 5 nitrogen and oxygen atoms in total. The third kappa shape index (κ3) is 3.53. The lowest BCUT2D eigenvalue weighted by Gasteiger charge is -2.37. The van der Waals surface area contributed by atoms with Crippen molar-refractivity contribution in [3.63, 3.8) is 0 Å². The van der Waals surface area contributed by atoms with Gasteiger partial charge in [0, 0.05) is 6.42 Å². The number of aliphatic hydroxyl groups excluding tert-OH is 2. The number of carbonyl (C=O) groups excluding carboxylic acids is 1. The van der Waals surface area contributed by atoms with Crippen LogP contribution >= 0.6 is 0 Å². The van der Waals surface area contributed by atoms with Crippen LogP contribution in [-0.2, 0) is 14.3 Å². The first kappa shape index (κ1) is 12.6. The van der Waals surface area contributed by atoms with Gasteiger partial charge in [-0.3, -0.25) is 0 Å². The van der Waals surface area contributed by atoms with E-state index in [0.29, 0.717) is 6.29 Å². The van der Waals surface area contributed by atoms with Gasteiger partial charge in [0.05, 0.1) is 11.7 Å². The fraction of sp³-hybridized carbons (Fsp3) is 0.900. The molecule has 2 N–H and O–H groups in total. The predicted molar refractivity (Wildman–Crippen MR) is 52.2 cm³/mol. The fourth-order valence-corrected chi connectivity index (χ4v) is 1.45. The molecule has 1 unspecified atom stereocenters. The summed E-state index contributed by atoms with van der Waals surface area (Å²) in [6, 6.07) is 0. The molecule has 1 rings (SSSR count). The Bertz CT molecular complexity index is 222. The third-order valence-electron chi connectivity index (χ3n) is 2.09. The molecule has 4 atom stereocenters. The van der Waals surface area contributed by atoms with E-state index in [1.165, 1.54) is 0 Å². The van der Waals surface area contributed by atoms with Gasteiger partial charge in [-0.25, -0.2) is 0 Å². The van der Waals surface area contributed by atoms with Crippen LogP contribution in [0.5, 0.6) is 0 Å². The Morgan fingerprint density at radius 3 is 2.47 bits per heavy atom. The van der Waals surface area contributed by atoms with Gasteiger partial charge in [0.25, 0.3) is 0 Å². The van der Waals surface area contributed by atoms with E-state index in [4.69, 9.17) is 9.47 Å². The molecule has 0 aromatic rings. The summed E-state index contributed by atoms with van der Waals surface area (Å²) in [5.41, 5.74) is -0.417. The van der Waals surface area contributed by atoms with E-state index < -0.39 is 30.2 Å². The van der Waals surface area contributed by atoms with Gasteiger partial charge in [-0.2, -0.15) is 0 Å². The van der Waals surface area contributed by atoms with Gasteiger partial charge in [-0.1, -0.05) is 0 Å². The van der Waals surface area contributed by atoms with Crippen molar-refractivity contribution in [3.8, 4) is 0 Å². The average molecular weight is 218 g/mol. The molecule has 1 saturated heterocycles. The van der Waals surface area contributed by atoms with Crippen LogP contribution in [0.3, 0.4) is 0 Å². The van der Waals surface area contributed by atoms with E-state index in [-0.39, 0.29) is 6.42 Å². The summed E-state index contributed by atoms with van der Waals surface area (Å²) in [5, 5.41) is 18.9. The van der Waals surface area contributed by atoms with E-state index in [1.807, 2.05) is 20.8 Å². The highest BCUT2D eigenvalue weighted by molar-refractivity contribution is 5.57. The molecule has 5 heteroatoms. The van der Waals surface area contributed by atoms with E-state index >= 15 is 0 Å². The van der Waals surface area contributed by atoms with Gasteiger partial charge < -0.3 is 24.5 Å². The van der Waals surface area contributed by atoms with Crippen molar-refractivity contribution in [2.75, 3.05) is 0 Å². The minimum Gasteiger partial charge on any atom is -0.390 e. The zero-order valence-corrected chi connectivity index (χ0v) is 9.21. The lowest BCUT2D eigenvalue weighted by molar-refractivity contribution is -0.267. The Morgan fingerprint density at radius 2 is 2.00 bits per heavy atom. The number of aliphatic hydroxyl groups is 2. The van der Waals surface area contributed by atoms with Gasteiger partial charge in [0.15, 0.2) is 12.6 Å². The molecule has 0 saturated carbocycles. The largest absolute Gasteiger partial charge is 0.390 e. The second kappa shape index (κ2) is 4.57. The van der Waals surface area contributed by atoms with Crippen molar-refractivity contribution in [3.05, 3.63) is 0 Å². The summed E-state index contributed by atoms with van der Waals surface area (Å²) >= 11 is 0. The van der Waals surface area contributed by atoms with Gasteiger partial charge in [0.1, 0.15) is 12.2 Å². The summed E-state index contributed by atoms with van der Waals surface area (Å²) in [6.07, 6.45) is -3.17. The Hall–Kier alpha value is -0.490. The molecule has 1 aliphatic heterocycles. The first-order valence-electron chi connectivity index (χ1n) is 4.98. The highest BCUT2D eigenvalue weighted by atomic mass is 16.7. The van der Waals surface area contributed by atoms with E-state index in [1.54, 1.807) is 0 Å². The Kier molecular flexibility index (Phi) is 3.83. The topological polar surface area (TPSA) is 76.0 Å². The van der Waals surface area contributed by atoms with Crippen molar-refractivity contribution < 1.29 is 24.5 Å². The van der Waals surface area contributed by atoms with Crippen molar-refractivity contribution >= 4 is 6.29 Å².